The zero-order chi connectivity index (χ0) is 20.7. The number of carbonyl (C=O) groups is 1. The average Bonchev–Trinajstić information content (AvgIpc) is 3.31. The van der Waals surface area contributed by atoms with Gasteiger partial charge in [-0.05, 0) is 42.8 Å². The molecule has 0 aliphatic heterocycles. The van der Waals surface area contributed by atoms with E-state index in [4.69, 9.17) is 4.98 Å². The first-order chi connectivity index (χ1) is 14.6. The molecule has 0 spiro atoms. The van der Waals surface area contributed by atoms with Gasteiger partial charge in [0.2, 0.25) is 5.91 Å². The van der Waals surface area contributed by atoms with E-state index in [1.54, 1.807) is 0 Å². The lowest BCUT2D eigenvalue weighted by atomic mass is 10.1. The number of anilines is 1. The molecule has 3 aromatic heterocycles. The van der Waals surface area contributed by atoms with Crippen LogP contribution in [0.25, 0.3) is 27.9 Å². The summed E-state index contributed by atoms with van der Waals surface area (Å²) in [5, 5.41) is 2.85. The van der Waals surface area contributed by atoms with Crippen molar-refractivity contribution in [3.05, 3.63) is 89.1 Å². The Labute approximate surface area is 171 Å². The maximum atomic E-state index is 12.5. The van der Waals surface area contributed by atoms with Crippen molar-refractivity contribution in [1.29, 1.82) is 0 Å². The van der Waals surface area contributed by atoms with Crippen molar-refractivity contribution in [2.45, 2.75) is 13.5 Å². The maximum Gasteiger partial charge on any atom is 0.326 e. The monoisotopic (exact) mass is 397 g/mol. The van der Waals surface area contributed by atoms with Gasteiger partial charge in [0, 0.05) is 23.6 Å². The van der Waals surface area contributed by atoms with Crippen molar-refractivity contribution in [2.24, 2.45) is 0 Å². The Bertz CT molecular complexity index is 1440. The molecule has 3 heterocycles. The number of aromatic amines is 1. The van der Waals surface area contributed by atoms with E-state index in [1.807, 2.05) is 84.4 Å². The lowest BCUT2D eigenvalue weighted by Crippen LogP contribution is -2.25. The Morgan fingerprint density at radius 3 is 2.67 bits per heavy atom. The fraction of sp³-hybridized carbons (Fsp3) is 0.0870. The Hall–Kier alpha value is -4.13. The highest BCUT2D eigenvalue weighted by atomic mass is 16.2. The summed E-state index contributed by atoms with van der Waals surface area (Å²) in [5.74, 6) is -0.266. The van der Waals surface area contributed by atoms with Crippen molar-refractivity contribution in [3.8, 4) is 11.3 Å². The van der Waals surface area contributed by atoms with Crippen LogP contribution >= 0.6 is 0 Å². The molecule has 1 amide bonds. The van der Waals surface area contributed by atoms with Crippen LogP contribution in [0.15, 0.2) is 77.9 Å². The predicted molar refractivity (Wildman–Crippen MR) is 117 cm³/mol. The van der Waals surface area contributed by atoms with E-state index in [-0.39, 0.29) is 18.1 Å². The molecule has 5 aromatic rings. The van der Waals surface area contributed by atoms with Gasteiger partial charge in [-0.15, -0.1) is 0 Å². The molecule has 0 bridgehead atoms. The average molecular weight is 397 g/mol. The van der Waals surface area contributed by atoms with Gasteiger partial charge < -0.3 is 14.7 Å². The molecule has 0 saturated carbocycles. The van der Waals surface area contributed by atoms with Crippen LogP contribution in [0.4, 0.5) is 5.69 Å². The third kappa shape index (κ3) is 3.16. The van der Waals surface area contributed by atoms with Gasteiger partial charge in [0.15, 0.2) is 0 Å². The molecule has 0 aliphatic carbocycles. The van der Waals surface area contributed by atoms with Gasteiger partial charge in [-0.2, -0.15) is 0 Å². The minimum absolute atomic E-state index is 0.0592. The standard InChI is InChI=1S/C23H19N5O2/c1-15-5-4-12-27-13-19(25-22(15)27)16-8-10-17(11-9-16)24-21(29)14-28-20-7-3-2-6-18(20)26-23(28)30/h2-13H,14H2,1H3,(H,24,29)(H,26,30). The number of para-hydroxylation sites is 2. The number of hydrogen-bond donors (Lipinski definition) is 2. The number of carbonyl (C=O) groups excluding carboxylic acids is 1. The van der Waals surface area contributed by atoms with E-state index in [0.29, 0.717) is 16.7 Å². The molecule has 148 valence electrons. The highest BCUT2D eigenvalue weighted by molar-refractivity contribution is 5.91. The molecule has 0 fully saturated rings. The van der Waals surface area contributed by atoms with Gasteiger partial charge in [0.05, 0.1) is 16.7 Å². The van der Waals surface area contributed by atoms with Crippen molar-refractivity contribution in [3.63, 3.8) is 0 Å². The first-order valence-corrected chi connectivity index (χ1v) is 9.61. The van der Waals surface area contributed by atoms with Gasteiger partial charge in [-0.3, -0.25) is 9.36 Å². The van der Waals surface area contributed by atoms with Crippen molar-refractivity contribution >= 4 is 28.3 Å². The second-order valence-electron chi connectivity index (χ2n) is 7.21. The third-order valence-corrected chi connectivity index (χ3v) is 5.13. The minimum Gasteiger partial charge on any atom is -0.325 e. The Kier molecular flexibility index (Phi) is 4.21. The number of hydrogen-bond acceptors (Lipinski definition) is 3. The zero-order valence-corrected chi connectivity index (χ0v) is 16.3. The van der Waals surface area contributed by atoms with Crippen LogP contribution in [0.5, 0.6) is 0 Å². The summed E-state index contributed by atoms with van der Waals surface area (Å²) in [5.41, 5.74) is 5.64. The van der Waals surface area contributed by atoms with Crippen LogP contribution in [0, 0.1) is 6.92 Å². The number of benzene rings is 2. The molecule has 7 heteroatoms. The van der Waals surface area contributed by atoms with Crippen LogP contribution in [0.2, 0.25) is 0 Å². The van der Waals surface area contributed by atoms with Gasteiger partial charge in [-0.1, -0.05) is 30.3 Å². The van der Waals surface area contributed by atoms with Crippen LogP contribution < -0.4 is 11.0 Å². The van der Waals surface area contributed by atoms with E-state index < -0.39 is 0 Å². The van der Waals surface area contributed by atoms with Crippen LogP contribution in [0.3, 0.4) is 0 Å². The molecule has 2 aromatic carbocycles. The molecule has 2 N–H and O–H groups in total. The number of H-pyrrole nitrogens is 1. The lowest BCUT2D eigenvalue weighted by molar-refractivity contribution is -0.116. The van der Waals surface area contributed by atoms with E-state index in [9.17, 15) is 9.59 Å². The largest absolute Gasteiger partial charge is 0.326 e. The number of nitrogens with zero attached hydrogens (tertiary/aromatic N) is 3. The number of aromatic nitrogens is 4. The topological polar surface area (TPSA) is 84.2 Å². The summed E-state index contributed by atoms with van der Waals surface area (Å²) in [6.07, 6.45) is 3.96. The zero-order valence-electron chi connectivity index (χ0n) is 16.3. The van der Waals surface area contributed by atoms with E-state index in [1.165, 1.54) is 4.57 Å². The van der Waals surface area contributed by atoms with Gasteiger partial charge in [0.25, 0.3) is 0 Å². The molecule has 0 unspecified atom stereocenters. The van der Waals surface area contributed by atoms with Crippen LogP contribution in [-0.2, 0) is 11.3 Å². The predicted octanol–water partition coefficient (Wildman–Crippen LogP) is 3.59. The summed E-state index contributed by atoms with van der Waals surface area (Å²) < 4.78 is 3.43. The summed E-state index contributed by atoms with van der Waals surface area (Å²) in [6, 6.07) is 18.8. The number of rotatable bonds is 4. The van der Waals surface area contributed by atoms with Crippen LogP contribution in [0.1, 0.15) is 5.56 Å². The van der Waals surface area contributed by atoms with Crippen molar-refractivity contribution < 1.29 is 4.79 Å². The van der Waals surface area contributed by atoms with Crippen molar-refractivity contribution in [1.82, 2.24) is 18.9 Å². The lowest BCUT2D eigenvalue weighted by Gasteiger charge is -2.07. The van der Waals surface area contributed by atoms with E-state index in [2.05, 4.69) is 10.3 Å². The number of aryl methyl sites for hydroxylation is 1. The molecular weight excluding hydrogens is 378 g/mol. The number of amides is 1. The summed E-state index contributed by atoms with van der Waals surface area (Å²) in [4.78, 5) is 32.1. The van der Waals surface area contributed by atoms with Gasteiger partial charge in [-0.25, -0.2) is 9.78 Å². The number of pyridine rings is 1. The maximum absolute atomic E-state index is 12.5. The second kappa shape index (κ2) is 7.04. The minimum atomic E-state index is -0.302. The Balaban J connectivity index is 1.34. The van der Waals surface area contributed by atoms with Gasteiger partial charge >= 0.3 is 5.69 Å². The molecule has 0 atom stereocenters. The number of imidazole rings is 2. The fourth-order valence-electron chi connectivity index (χ4n) is 3.62. The molecule has 7 nitrogen and oxygen atoms in total. The smallest absolute Gasteiger partial charge is 0.325 e. The quantitative estimate of drug-likeness (QED) is 0.486. The first-order valence-electron chi connectivity index (χ1n) is 9.61. The van der Waals surface area contributed by atoms with E-state index in [0.717, 1.165) is 22.5 Å². The molecule has 5 rings (SSSR count). The summed E-state index contributed by atoms with van der Waals surface area (Å²) >= 11 is 0. The third-order valence-electron chi connectivity index (χ3n) is 5.13. The Morgan fingerprint density at radius 2 is 1.87 bits per heavy atom. The molecular formula is C23H19N5O2. The summed E-state index contributed by atoms with van der Waals surface area (Å²) in [7, 11) is 0. The molecule has 0 radical (unpaired) electrons. The highest BCUT2D eigenvalue weighted by Gasteiger charge is 2.11. The number of fused-ring (bicyclic) bond motifs is 2. The fourth-order valence-corrected chi connectivity index (χ4v) is 3.62. The molecule has 30 heavy (non-hydrogen) atoms. The molecule has 0 saturated heterocycles. The normalized spacial score (nSPS) is 11.2. The van der Waals surface area contributed by atoms with Crippen LogP contribution in [-0.4, -0.2) is 24.8 Å². The number of nitrogens with one attached hydrogen (secondary N) is 2. The Morgan fingerprint density at radius 1 is 1.07 bits per heavy atom. The second-order valence-corrected chi connectivity index (χ2v) is 7.21. The summed E-state index contributed by atoms with van der Waals surface area (Å²) in [6.45, 7) is 1.97. The SMILES string of the molecule is Cc1cccn2cc(-c3ccc(NC(=O)Cn4c(=O)[nH]c5ccccc54)cc3)nc12. The molecule has 0 aliphatic rings. The van der Waals surface area contributed by atoms with Crippen molar-refractivity contribution in [2.75, 3.05) is 5.32 Å². The van der Waals surface area contributed by atoms with E-state index >= 15 is 0 Å². The first kappa shape index (κ1) is 17.9. The highest BCUT2D eigenvalue weighted by Crippen LogP contribution is 2.22. The van der Waals surface area contributed by atoms with Gasteiger partial charge in [0.1, 0.15) is 12.2 Å².